The fourth-order valence-corrected chi connectivity index (χ4v) is 2.95. The molecule has 0 spiro atoms. The Morgan fingerprint density at radius 3 is 2.58 bits per heavy atom. The molecular formula is C13H17N3O2S. The van der Waals surface area contributed by atoms with Crippen molar-refractivity contribution in [1.82, 2.24) is 9.97 Å². The van der Waals surface area contributed by atoms with Crippen molar-refractivity contribution in [2.45, 2.75) is 19.8 Å². The highest BCUT2D eigenvalue weighted by molar-refractivity contribution is 7.92. The van der Waals surface area contributed by atoms with Gasteiger partial charge < -0.3 is 4.98 Å². The Balaban J connectivity index is 2.07. The van der Waals surface area contributed by atoms with E-state index in [4.69, 9.17) is 0 Å². The lowest BCUT2D eigenvalue weighted by atomic mass is 10.2. The van der Waals surface area contributed by atoms with Crippen molar-refractivity contribution in [3.8, 4) is 11.4 Å². The maximum absolute atomic E-state index is 11.7. The van der Waals surface area contributed by atoms with Gasteiger partial charge >= 0.3 is 0 Å². The van der Waals surface area contributed by atoms with Crippen LogP contribution in [0.4, 0.5) is 5.69 Å². The zero-order valence-electron chi connectivity index (χ0n) is 10.8. The first kappa shape index (κ1) is 13.6. The number of nitrogens with one attached hydrogen (secondary N) is 2. The van der Waals surface area contributed by atoms with E-state index in [9.17, 15) is 8.42 Å². The van der Waals surface area contributed by atoms with Crippen molar-refractivity contribution in [3.05, 3.63) is 36.7 Å². The third kappa shape index (κ3) is 3.82. The third-order valence-electron chi connectivity index (χ3n) is 2.70. The van der Waals surface area contributed by atoms with Crippen LogP contribution in [0.5, 0.6) is 0 Å². The fourth-order valence-electron chi connectivity index (χ4n) is 1.68. The molecule has 1 aromatic carbocycles. The second kappa shape index (κ2) is 5.88. The minimum absolute atomic E-state index is 0.156. The molecule has 1 aromatic heterocycles. The Bertz CT molecular complexity index is 604. The van der Waals surface area contributed by atoms with Gasteiger partial charge in [0, 0.05) is 23.6 Å². The van der Waals surface area contributed by atoms with Crippen LogP contribution < -0.4 is 4.72 Å². The summed E-state index contributed by atoms with van der Waals surface area (Å²) in [6.07, 6.45) is 4.95. The molecule has 102 valence electrons. The minimum Gasteiger partial charge on any atom is -0.345 e. The van der Waals surface area contributed by atoms with Crippen LogP contribution in [-0.2, 0) is 10.0 Å². The van der Waals surface area contributed by atoms with Crippen LogP contribution in [0, 0.1) is 0 Å². The Morgan fingerprint density at radius 2 is 2.00 bits per heavy atom. The summed E-state index contributed by atoms with van der Waals surface area (Å²) in [5.41, 5.74) is 1.49. The van der Waals surface area contributed by atoms with E-state index >= 15 is 0 Å². The van der Waals surface area contributed by atoms with E-state index in [1.165, 1.54) is 0 Å². The summed E-state index contributed by atoms with van der Waals surface area (Å²) in [5.74, 6) is 0.920. The molecule has 0 unspecified atom stereocenters. The number of hydrogen-bond donors (Lipinski definition) is 2. The topological polar surface area (TPSA) is 74.8 Å². The quantitative estimate of drug-likeness (QED) is 0.853. The summed E-state index contributed by atoms with van der Waals surface area (Å²) < 4.78 is 26.1. The van der Waals surface area contributed by atoms with Crippen LogP contribution in [0.1, 0.15) is 19.8 Å². The first-order valence-electron chi connectivity index (χ1n) is 6.21. The maximum Gasteiger partial charge on any atom is 0.232 e. The molecule has 19 heavy (non-hydrogen) atoms. The molecule has 0 radical (unpaired) electrons. The maximum atomic E-state index is 11.7. The lowest BCUT2D eigenvalue weighted by molar-refractivity contribution is 0.598. The van der Waals surface area contributed by atoms with Gasteiger partial charge in [-0.05, 0) is 30.7 Å². The summed E-state index contributed by atoms with van der Waals surface area (Å²) in [6.45, 7) is 1.97. The van der Waals surface area contributed by atoms with E-state index in [0.717, 1.165) is 17.8 Å². The second-order valence-corrected chi connectivity index (χ2v) is 6.13. The molecule has 5 nitrogen and oxygen atoms in total. The van der Waals surface area contributed by atoms with Crippen molar-refractivity contribution < 1.29 is 8.42 Å². The number of aromatic nitrogens is 2. The Hall–Kier alpha value is -1.82. The summed E-state index contributed by atoms with van der Waals surface area (Å²) in [7, 11) is -3.24. The van der Waals surface area contributed by atoms with Crippen LogP contribution in [0.25, 0.3) is 11.4 Å². The molecule has 2 aromatic rings. The van der Waals surface area contributed by atoms with E-state index < -0.39 is 10.0 Å². The summed E-state index contributed by atoms with van der Waals surface area (Å²) >= 11 is 0. The Morgan fingerprint density at radius 1 is 1.26 bits per heavy atom. The molecule has 2 rings (SSSR count). The van der Waals surface area contributed by atoms with Crippen molar-refractivity contribution in [2.75, 3.05) is 10.5 Å². The predicted octanol–water partition coefficient (Wildman–Crippen LogP) is 2.62. The number of anilines is 1. The number of rotatable bonds is 6. The van der Waals surface area contributed by atoms with Gasteiger partial charge in [0.2, 0.25) is 10.0 Å². The number of unbranched alkanes of at least 4 members (excludes halogenated alkanes) is 1. The molecule has 0 saturated heterocycles. The van der Waals surface area contributed by atoms with Crippen LogP contribution in [-0.4, -0.2) is 24.1 Å². The smallest absolute Gasteiger partial charge is 0.232 e. The second-order valence-electron chi connectivity index (χ2n) is 4.29. The third-order valence-corrected chi connectivity index (χ3v) is 4.07. The average Bonchev–Trinajstić information content (AvgIpc) is 2.91. The van der Waals surface area contributed by atoms with Crippen molar-refractivity contribution in [1.29, 1.82) is 0 Å². The largest absolute Gasteiger partial charge is 0.345 e. The lowest BCUT2D eigenvalue weighted by Gasteiger charge is -2.07. The number of nitrogens with zero attached hydrogens (tertiary/aromatic N) is 1. The van der Waals surface area contributed by atoms with Gasteiger partial charge in [0.1, 0.15) is 5.82 Å². The highest BCUT2D eigenvalue weighted by Crippen LogP contribution is 2.18. The Kier molecular flexibility index (Phi) is 4.21. The Labute approximate surface area is 113 Å². The first-order valence-corrected chi connectivity index (χ1v) is 7.86. The standard InChI is InChI=1S/C13H17N3O2S/c1-2-3-10-19(17,18)16-12-6-4-11(5-7-12)13-14-8-9-15-13/h4-9,16H,2-3,10H2,1H3,(H,14,15). The van der Waals surface area contributed by atoms with Crippen LogP contribution in [0.2, 0.25) is 0 Å². The van der Waals surface area contributed by atoms with Gasteiger partial charge in [-0.2, -0.15) is 0 Å². The zero-order chi connectivity index (χ0) is 13.7. The fraction of sp³-hybridized carbons (Fsp3) is 0.308. The molecule has 0 atom stereocenters. The van der Waals surface area contributed by atoms with Gasteiger partial charge in [0.25, 0.3) is 0 Å². The molecule has 0 aliphatic carbocycles. The lowest BCUT2D eigenvalue weighted by Crippen LogP contribution is -2.16. The number of imidazole rings is 1. The number of benzene rings is 1. The molecule has 0 amide bonds. The molecule has 0 aliphatic heterocycles. The minimum atomic E-state index is -3.24. The van der Waals surface area contributed by atoms with Gasteiger partial charge in [-0.3, -0.25) is 4.72 Å². The van der Waals surface area contributed by atoms with E-state index in [1.807, 2.05) is 19.1 Å². The van der Waals surface area contributed by atoms with Crippen LogP contribution in [0.15, 0.2) is 36.7 Å². The molecule has 0 fully saturated rings. The molecule has 6 heteroatoms. The molecule has 1 heterocycles. The van der Waals surface area contributed by atoms with E-state index in [0.29, 0.717) is 12.1 Å². The summed E-state index contributed by atoms with van der Waals surface area (Å²) in [6, 6.07) is 7.13. The van der Waals surface area contributed by atoms with Crippen LogP contribution >= 0.6 is 0 Å². The highest BCUT2D eigenvalue weighted by atomic mass is 32.2. The van der Waals surface area contributed by atoms with Crippen molar-refractivity contribution in [3.63, 3.8) is 0 Å². The molecular weight excluding hydrogens is 262 g/mol. The van der Waals surface area contributed by atoms with Gasteiger partial charge in [-0.25, -0.2) is 13.4 Å². The van der Waals surface area contributed by atoms with Crippen molar-refractivity contribution in [2.24, 2.45) is 0 Å². The SMILES string of the molecule is CCCCS(=O)(=O)Nc1ccc(-c2ncc[nH]2)cc1. The van der Waals surface area contributed by atoms with Gasteiger partial charge in [-0.15, -0.1) is 0 Å². The first-order chi connectivity index (χ1) is 9.11. The average molecular weight is 279 g/mol. The monoisotopic (exact) mass is 279 g/mol. The summed E-state index contributed by atoms with van der Waals surface area (Å²) in [4.78, 5) is 7.14. The zero-order valence-corrected chi connectivity index (χ0v) is 11.6. The summed E-state index contributed by atoms with van der Waals surface area (Å²) in [5, 5.41) is 0. The number of hydrogen-bond acceptors (Lipinski definition) is 3. The number of H-pyrrole nitrogens is 1. The van der Waals surface area contributed by atoms with E-state index in [-0.39, 0.29) is 5.75 Å². The van der Waals surface area contributed by atoms with Gasteiger partial charge in [-0.1, -0.05) is 13.3 Å². The van der Waals surface area contributed by atoms with E-state index in [2.05, 4.69) is 14.7 Å². The van der Waals surface area contributed by atoms with E-state index in [1.54, 1.807) is 24.5 Å². The molecule has 0 aliphatic rings. The van der Waals surface area contributed by atoms with Crippen LogP contribution in [0.3, 0.4) is 0 Å². The molecule has 2 N–H and O–H groups in total. The predicted molar refractivity (Wildman–Crippen MR) is 76.3 cm³/mol. The number of sulfonamides is 1. The highest BCUT2D eigenvalue weighted by Gasteiger charge is 2.09. The van der Waals surface area contributed by atoms with Crippen molar-refractivity contribution >= 4 is 15.7 Å². The molecule has 0 bridgehead atoms. The number of aromatic amines is 1. The van der Waals surface area contributed by atoms with Gasteiger partial charge in [0.15, 0.2) is 0 Å². The van der Waals surface area contributed by atoms with Gasteiger partial charge in [0.05, 0.1) is 5.75 Å². The molecule has 0 saturated carbocycles. The normalized spacial score (nSPS) is 11.4.